The molecular weight excluding hydrogens is 206 g/mol. The Morgan fingerprint density at radius 3 is 2.81 bits per heavy atom. The third-order valence-electron chi connectivity index (χ3n) is 2.86. The van der Waals surface area contributed by atoms with Gasteiger partial charge < -0.3 is 5.32 Å². The highest BCUT2D eigenvalue weighted by atomic mass is 16.6. The van der Waals surface area contributed by atoms with E-state index in [4.69, 9.17) is 0 Å². The van der Waals surface area contributed by atoms with Crippen LogP contribution in [0.2, 0.25) is 0 Å². The molecule has 0 saturated heterocycles. The molecule has 0 aliphatic heterocycles. The van der Waals surface area contributed by atoms with Crippen LogP contribution >= 0.6 is 0 Å². The maximum Gasteiger partial charge on any atom is 0.272 e. The Kier molecular flexibility index (Phi) is 4.37. The van der Waals surface area contributed by atoms with E-state index >= 15 is 0 Å². The lowest BCUT2D eigenvalue weighted by Crippen LogP contribution is -2.30. The molecule has 1 aromatic rings. The van der Waals surface area contributed by atoms with Crippen molar-refractivity contribution < 1.29 is 4.92 Å². The van der Waals surface area contributed by atoms with Gasteiger partial charge in [-0.1, -0.05) is 13.8 Å². The van der Waals surface area contributed by atoms with Crippen molar-refractivity contribution in [1.29, 1.82) is 0 Å². The Labute approximate surface area is 95.0 Å². The molecule has 1 aromatic heterocycles. The van der Waals surface area contributed by atoms with E-state index in [9.17, 15) is 10.1 Å². The third-order valence-corrected chi connectivity index (χ3v) is 2.86. The van der Waals surface area contributed by atoms with Gasteiger partial charge in [0.1, 0.15) is 0 Å². The van der Waals surface area contributed by atoms with Crippen molar-refractivity contribution in [2.24, 2.45) is 0 Å². The summed E-state index contributed by atoms with van der Waals surface area (Å²) >= 11 is 0. The fourth-order valence-electron chi connectivity index (χ4n) is 1.81. The summed E-state index contributed by atoms with van der Waals surface area (Å²) in [5.74, 6) is 0.162. The molecule has 0 aromatic carbocycles. The maximum absolute atomic E-state index is 10.6. The van der Waals surface area contributed by atoms with E-state index in [0.29, 0.717) is 0 Å². The van der Waals surface area contributed by atoms with Crippen LogP contribution in [0.15, 0.2) is 18.3 Å². The van der Waals surface area contributed by atoms with Gasteiger partial charge >= 0.3 is 0 Å². The molecule has 5 heteroatoms. The number of rotatable bonds is 5. The highest BCUT2D eigenvalue weighted by molar-refractivity contribution is 5.31. The van der Waals surface area contributed by atoms with Gasteiger partial charge in [-0.25, -0.2) is 0 Å². The highest BCUT2D eigenvalue weighted by Gasteiger charge is 2.18. The van der Waals surface area contributed by atoms with Gasteiger partial charge in [0.25, 0.3) is 5.69 Å². The van der Waals surface area contributed by atoms with Crippen molar-refractivity contribution in [3.63, 3.8) is 0 Å². The molecule has 0 amide bonds. The Morgan fingerprint density at radius 1 is 1.62 bits per heavy atom. The van der Waals surface area contributed by atoms with Gasteiger partial charge in [-0.2, -0.15) is 0 Å². The van der Waals surface area contributed by atoms with E-state index in [1.54, 1.807) is 6.07 Å². The van der Waals surface area contributed by atoms with E-state index in [0.717, 1.165) is 12.1 Å². The summed E-state index contributed by atoms with van der Waals surface area (Å²) in [6.45, 7) is 4.10. The molecule has 0 aliphatic carbocycles. The van der Waals surface area contributed by atoms with Gasteiger partial charge in [0.2, 0.25) is 0 Å². The van der Waals surface area contributed by atoms with E-state index in [1.807, 2.05) is 14.0 Å². The molecule has 0 aliphatic rings. The molecule has 0 fully saturated rings. The fourth-order valence-corrected chi connectivity index (χ4v) is 1.81. The number of hydrogen-bond donors (Lipinski definition) is 1. The fraction of sp³-hybridized carbons (Fsp3) is 0.545. The Bertz CT molecular complexity index is 364. The van der Waals surface area contributed by atoms with Crippen LogP contribution in [0.1, 0.15) is 31.9 Å². The SMILES string of the molecule is CCC(NC)C(C)c1cc([N+](=O)[O-])ccn1. The lowest BCUT2D eigenvalue weighted by molar-refractivity contribution is -0.385. The average molecular weight is 223 g/mol. The number of aromatic nitrogens is 1. The first-order valence-electron chi connectivity index (χ1n) is 5.37. The molecule has 88 valence electrons. The highest BCUT2D eigenvalue weighted by Crippen LogP contribution is 2.22. The molecule has 0 bridgehead atoms. The minimum Gasteiger partial charge on any atom is -0.316 e. The lowest BCUT2D eigenvalue weighted by atomic mass is 9.95. The zero-order chi connectivity index (χ0) is 12.1. The van der Waals surface area contributed by atoms with Crippen LogP contribution in [0.25, 0.3) is 0 Å². The topological polar surface area (TPSA) is 68.1 Å². The summed E-state index contributed by atoms with van der Waals surface area (Å²) in [7, 11) is 1.89. The van der Waals surface area contributed by atoms with Crippen LogP contribution < -0.4 is 5.32 Å². The summed E-state index contributed by atoms with van der Waals surface area (Å²) in [5.41, 5.74) is 0.859. The van der Waals surface area contributed by atoms with Crippen LogP contribution in [0.5, 0.6) is 0 Å². The van der Waals surface area contributed by atoms with Crippen LogP contribution in [-0.2, 0) is 0 Å². The zero-order valence-electron chi connectivity index (χ0n) is 9.80. The standard InChI is InChI=1S/C11H17N3O2/c1-4-10(12-3)8(2)11-7-9(14(15)16)5-6-13-11/h5-8,10,12H,4H2,1-3H3. The predicted octanol–water partition coefficient (Wildman–Crippen LogP) is 2.09. The predicted molar refractivity (Wildman–Crippen MR) is 62.4 cm³/mol. The quantitative estimate of drug-likeness (QED) is 0.613. The van der Waals surface area contributed by atoms with E-state index in [-0.39, 0.29) is 17.6 Å². The number of nitrogens with zero attached hydrogens (tertiary/aromatic N) is 2. The molecule has 0 saturated carbocycles. The summed E-state index contributed by atoms with van der Waals surface area (Å²) in [6, 6.07) is 3.25. The van der Waals surface area contributed by atoms with Crippen molar-refractivity contribution in [3.8, 4) is 0 Å². The van der Waals surface area contributed by atoms with Crippen molar-refractivity contribution >= 4 is 5.69 Å². The summed E-state index contributed by atoms with van der Waals surface area (Å²) in [5, 5.41) is 13.8. The van der Waals surface area contributed by atoms with Gasteiger partial charge in [-0.15, -0.1) is 0 Å². The van der Waals surface area contributed by atoms with Crippen molar-refractivity contribution in [2.75, 3.05) is 7.05 Å². The second-order valence-electron chi connectivity index (χ2n) is 3.79. The van der Waals surface area contributed by atoms with E-state index in [2.05, 4.69) is 17.2 Å². The normalized spacial score (nSPS) is 14.4. The summed E-state index contributed by atoms with van der Waals surface area (Å²) in [4.78, 5) is 14.5. The van der Waals surface area contributed by atoms with Gasteiger partial charge in [0, 0.05) is 30.3 Å². The molecule has 5 nitrogen and oxygen atoms in total. The van der Waals surface area contributed by atoms with Crippen molar-refractivity contribution in [3.05, 3.63) is 34.1 Å². The second-order valence-corrected chi connectivity index (χ2v) is 3.79. The molecule has 0 spiro atoms. The van der Waals surface area contributed by atoms with Gasteiger partial charge in [0.05, 0.1) is 10.6 Å². The molecule has 16 heavy (non-hydrogen) atoms. The van der Waals surface area contributed by atoms with Crippen molar-refractivity contribution in [2.45, 2.75) is 32.2 Å². The number of pyridine rings is 1. The molecule has 1 rings (SSSR count). The monoisotopic (exact) mass is 223 g/mol. The second kappa shape index (κ2) is 5.55. The Morgan fingerprint density at radius 2 is 2.31 bits per heavy atom. The minimum atomic E-state index is -0.391. The minimum absolute atomic E-state index is 0.0998. The Balaban J connectivity index is 2.94. The smallest absolute Gasteiger partial charge is 0.272 e. The molecule has 2 atom stereocenters. The number of likely N-dealkylation sites (N-methyl/N-ethyl adjacent to an activating group) is 1. The average Bonchev–Trinajstić information content (AvgIpc) is 2.30. The Hall–Kier alpha value is -1.49. The van der Waals surface area contributed by atoms with Crippen LogP contribution in [0.4, 0.5) is 5.69 Å². The first-order chi connectivity index (χ1) is 7.60. The molecule has 1 N–H and O–H groups in total. The number of hydrogen-bond acceptors (Lipinski definition) is 4. The largest absolute Gasteiger partial charge is 0.316 e. The van der Waals surface area contributed by atoms with Gasteiger partial charge in [0.15, 0.2) is 0 Å². The molecule has 2 unspecified atom stereocenters. The number of nitrogens with one attached hydrogen (secondary N) is 1. The maximum atomic E-state index is 10.6. The number of nitro groups is 1. The first kappa shape index (κ1) is 12.6. The van der Waals surface area contributed by atoms with E-state index in [1.165, 1.54) is 12.3 Å². The molecular formula is C11H17N3O2. The van der Waals surface area contributed by atoms with Crippen LogP contribution in [-0.4, -0.2) is 23.0 Å². The zero-order valence-corrected chi connectivity index (χ0v) is 9.80. The van der Waals surface area contributed by atoms with Crippen LogP contribution in [0, 0.1) is 10.1 Å². The lowest BCUT2D eigenvalue weighted by Gasteiger charge is -2.21. The van der Waals surface area contributed by atoms with Gasteiger partial charge in [-0.3, -0.25) is 15.1 Å². The van der Waals surface area contributed by atoms with E-state index < -0.39 is 4.92 Å². The molecule has 0 radical (unpaired) electrons. The van der Waals surface area contributed by atoms with Crippen molar-refractivity contribution in [1.82, 2.24) is 10.3 Å². The molecule has 1 heterocycles. The summed E-state index contributed by atoms with van der Waals surface area (Å²) < 4.78 is 0. The first-order valence-corrected chi connectivity index (χ1v) is 5.37. The van der Waals surface area contributed by atoms with Gasteiger partial charge in [-0.05, 0) is 13.5 Å². The van der Waals surface area contributed by atoms with Crippen LogP contribution in [0.3, 0.4) is 0 Å². The summed E-state index contributed by atoms with van der Waals surface area (Å²) in [6.07, 6.45) is 2.45. The third kappa shape index (κ3) is 2.76.